The first kappa shape index (κ1) is 16.7. The molecule has 2 aliphatic rings. The van der Waals surface area contributed by atoms with Gasteiger partial charge in [-0.25, -0.2) is 0 Å². The van der Waals surface area contributed by atoms with Crippen LogP contribution < -0.4 is 5.32 Å². The third-order valence-corrected chi connectivity index (χ3v) is 4.72. The summed E-state index contributed by atoms with van der Waals surface area (Å²) in [6, 6.07) is 7.69. The molecule has 3 atom stereocenters. The Labute approximate surface area is 141 Å². The minimum Gasteiger partial charge on any atom is -0.390 e. The Hall–Kier alpha value is -1.14. The number of benzene rings is 1. The van der Waals surface area contributed by atoms with E-state index in [2.05, 4.69) is 10.2 Å². The van der Waals surface area contributed by atoms with Gasteiger partial charge in [-0.15, -0.1) is 0 Å². The van der Waals surface area contributed by atoms with Gasteiger partial charge in [-0.1, -0.05) is 23.7 Å². The van der Waals surface area contributed by atoms with Crippen molar-refractivity contribution in [3.05, 3.63) is 34.9 Å². The average molecular weight is 339 g/mol. The van der Waals surface area contributed by atoms with E-state index >= 15 is 0 Å². The molecule has 3 rings (SSSR count). The predicted molar refractivity (Wildman–Crippen MR) is 88.6 cm³/mol. The Morgan fingerprint density at radius 3 is 2.96 bits per heavy atom. The van der Waals surface area contributed by atoms with Gasteiger partial charge < -0.3 is 15.2 Å². The van der Waals surface area contributed by atoms with Crippen molar-refractivity contribution in [3.63, 3.8) is 0 Å². The summed E-state index contributed by atoms with van der Waals surface area (Å²) in [5.74, 6) is 0.283. The molecule has 2 fully saturated rings. The fourth-order valence-electron chi connectivity index (χ4n) is 3.09. The summed E-state index contributed by atoms with van der Waals surface area (Å²) in [6.45, 7) is 3.97. The van der Waals surface area contributed by atoms with Gasteiger partial charge in [-0.2, -0.15) is 0 Å². The molecule has 1 saturated heterocycles. The van der Waals surface area contributed by atoms with E-state index in [0.29, 0.717) is 31.3 Å². The second-order valence-electron chi connectivity index (χ2n) is 6.32. The van der Waals surface area contributed by atoms with Gasteiger partial charge in [0.05, 0.1) is 19.3 Å². The van der Waals surface area contributed by atoms with Crippen LogP contribution in [0.5, 0.6) is 0 Å². The van der Waals surface area contributed by atoms with E-state index in [1.165, 1.54) is 0 Å². The van der Waals surface area contributed by atoms with Crippen LogP contribution in [0, 0.1) is 5.92 Å². The van der Waals surface area contributed by atoms with E-state index in [4.69, 9.17) is 16.3 Å². The molecule has 5 nitrogen and oxygen atoms in total. The van der Waals surface area contributed by atoms with Gasteiger partial charge in [0.15, 0.2) is 0 Å². The summed E-state index contributed by atoms with van der Waals surface area (Å²) in [4.78, 5) is 14.3. The fourth-order valence-corrected chi connectivity index (χ4v) is 3.28. The van der Waals surface area contributed by atoms with E-state index in [9.17, 15) is 9.90 Å². The molecule has 0 bridgehead atoms. The maximum absolute atomic E-state index is 12.2. The van der Waals surface area contributed by atoms with Crippen molar-refractivity contribution in [2.45, 2.75) is 18.4 Å². The van der Waals surface area contributed by atoms with Crippen molar-refractivity contribution >= 4 is 17.5 Å². The van der Waals surface area contributed by atoms with E-state index in [-0.39, 0.29) is 17.7 Å². The molecule has 0 spiro atoms. The van der Waals surface area contributed by atoms with Gasteiger partial charge in [0.25, 0.3) is 0 Å². The minimum absolute atomic E-state index is 0.00375. The molecule has 1 aliphatic carbocycles. The Kier molecular flexibility index (Phi) is 5.54. The highest BCUT2D eigenvalue weighted by molar-refractivity contribution is 6.30. The van der Waals surface area contributed by atoms with E-state index in [1.807, 2.05) is 24.3 Å². The highest BCUT2D eigenvalue weighted by atomic mass is 35.5. The lowest BCUT2D eigenvalue weighted by molar-refractivity contribution is -0.123. The van der Waals surface area contributed by atoms with Gasteiger partial charge in [0.2, 0.25) is 5.91 Å². The Balaban J connectivity index is 1.40. The second kappa shape index (κ2) is 7.62. The summed E-state index contributed by atoms with van der Waals surface area (Å²) in [5.41, 5.74) is 1.12. The molecule has 6 heteroatoms. The van der Waals surface area contributed by atoms with Crippen molar-refractivity contribution in [1.82, 2.24) is 10.2 Å². The van der Waals surface area contributed by atoms with Crippen LogP contribution in [0.4, 0.5) is 0 Å². The van der Waals surface area contributed by atoms with Crippen LogP contribution in [-0.2, 0) is 9.53 Å². The number of rotatable bonds is 6. The number of aliphatic hydroxyl groups is 1. The Morgan fingerprint density at radius 2 is 2.22 bits per heavy atom. The van der Waals surface area contributed by atoms with Gasteiger partial charge >= 0.3 is 0 Å². The minimum atomic E-state index is -0.541. The van der Waals surface area contributed by atoms with Crippen LogP contribution in [-0.4, -0.2) is 61.4 Å². The van der Waals surface area contributed by atoms with Gasteiger partial charge in [0, 0.05) is 37.1 Å². The van der Waals surface area contributed by atoms with Crippen molar-refractivity contribution in [2.24, 2.45) is 5.92 Å². The molecule has 1 aliphatic heterocycles. The van der Waals surface area contributed by atoms with Crippen LogP contribution in [0.2, 0.25) is 5.02 Å². The summed E-state index contributed by atoms with van der Waals surface area (Å²) in [7, 11) is 0. The molecule has 0 radical (unpaired) electrons. The first-order valence-electron chi connectivity index (χ1n) is 8.15. The zero-order valence-electron chi connectivity index (χ0n) is 13.1. The molecule has 1 saturated carbocycles. The normalized spacial score (nSPS) is 25.8. The zero-order valence-corrected chi connectivity index (χ0v) is 13.8. The predicted octanol–water partition coefficient (Wildman–Crippen LogP) is 1.25. The SMILES string of the molecule is O=C(NCC(O)CN1CCOCC1)C1CC1c1cccc(Cl)c1. The maximum Gasteiger partial charge on any atom is 0.223 e. The number of nitrogens with zero attached hydrogens (tertiary/aromatic N) is 1. The fraction of sp³-hybridized carbons (Fsp3) is 0.588. The highest BCUT2D eigenvalue weighted by Gasteiger charge is 2.43. The van der Waals surface area contributed by atoms with Crippen LogP contribution in [0.1, 0.15) is 17.9 Å². The quantitative estimate of drug-likeness (QED) is 0.819. The molecule has 1 heterocycles. The molecule has 1 aromatic rings. The van der Waals surface area contributed by atoms with Crippen LogP contribution in [0.25, 0.3) is 0 Å². The number of β-amino-alcohol motifs (C(OH)–C–C–N with tert-alkyl or cyclic N) is 1. The van der Waals surface area contributed by atoms with E-state index < -0.39 is 6.10 Å². The number of halogens is 1. The molecule has 0 aromatic heterocycles. The zero-order chi connectivity index (χ0) is 16.2. The summed E-state index contributed by atoms with van der Waals surface area (Å²) >= 11 is 5.99. The number of ether oxygens (including phenoxy) is 1. The monoisotopic (exact) mass is 338 g/mol. The lowest BCUT2D eigenvalue weighted by Crippen LogP contribution is -2.44. The van der Waals surface area contributed by atoms with Crippen LogP contribution >= 0.6 is 11.6 Å². The molecule has 3 unspecified atom stereocenters. The topological polar surface area (TPSA) is 61.8 Å². The first-order valence-corrected chi connectivity index (χ1v) is 8.52. The molecular weight excluding hydrogens is 316 g/mol. The molecule has 2 N–H and O–H groups in total. The molecular formula is C17H23ClN2O3. The number of amides is 1. The van der Waals surface area contributed by atoms with Crippen molar-refractivity contribution in [1.29, 1.82) is 0 Å². The summed E-state index contributed by atoms with van der Waals surface area (Å²) in [6.07, 6.45) is 0.312. The van der Waals surface area contributed by atoms with Gasteiger partial charge in [-0.05, 0) is 30.0 Å². The summed E-state index contributed by atoms with van der Waals surface area (Å²) in [5, 5.41) is 13.6. The second-order valence-corrected chi connectivity index (χ2v) is 6.75. The van der Waals surface area contributed by atoms with Gasteiger partial charge in [0.1, 0.15) is 0 Å². The molecule has 23 heavy (non-hydrogen) atoms. The molecule has 1 amide bonds. The van der Waals surface area contributed by atoms with Gasteiger partial charge in [-0.3, -0.25) is 9.69 Å². The van der Waals surface area contributed by atoms with Crippen LogP contribution in [0.15, 0.2) is 24.3 Å². The number of hydrogen-bond donors (Lipinski definition) is 2. The third kappa shape index (κ3) is 4.67. The number of carbonyl (C=O) groups excluding carboxylic acids is 1. The molecule has 126 valence electrons. The van der Waals surface area contributed by atoms with Crippen molar-refractivity contribution in [2.75, 3.05) is 39.4 Å². The number of carbonyl (C=O) groups is 1. The maximum atomic E-state index is 12.2. The Morgan fingerprint density at radius 1 is 1.43 bits per heavy atom. The lowest BCUT2D eigenvalue weighted by Gasteiger charge is -2.28. The number of aliphatic hydroxyl groups excluding tert-OH is 1. The number of nitrogens with one attached hydrogen (secondary N) is 1. The Bertz CT molecular complexity index is 548. The number of morpholine rings is 1. The molecule has 1 aromatic carbocycles. The third-order valence-electron chi connectivity index (χ3n) is 4.49. The largest absolute Gasteiger partial charge is 0.390 e. The van der Waals surface area contributed by atoms with E-state index in [0.717, 1.165) is 25.1 Å². The van der Waals surface area contributed by atoms with Crippen molar-refractivity contribution < 1.29 is 14.6 Å². The number of hydrogen-bond acceptors (Lipinski definition) is 4. The van der Waals surface area contributed by atoms with E-state index in [1.54, 1.807) is 0 Å². The van der Waals surface area contributed by atoms with Crippen LogP contribution in [0.3, 0.4) is 0 Å². The smallest absolute Gasteiger partial charge is 0.223 e. The highest BCUT2D eigenvalue weighted by Crippen LogP contribution is 2.47. The average Bonchev–Trinajstić information content (AvgIpc) is 3.34. The van der Waals surface area contributed by atoms with Crippen molar-refractivity contribution in [3.8, 4) is 0 Å². The first-order chi connectivity index (χ1) is 11.1. The summed E-state index contributed by atoms with van der Waals surface area (Å²) < 4.78 is 5.28. The standard InChI is InChI=1S/C17H23ClN2O3/c18-13-3-1-2-12(8-13)15-9-16(15)17(22)19-10-14(21)11-20-4-6-23-7-5-20/h1-3,8,14-16,21H,4-7,9-11H2,(H,19,22). The lowest BCUT2D eigenvalue weighted by atomic mass is 10.1.